The van der Waals surface area contributed by atoms with Crippen molar-refractivity contribution < 1.29 is 23.9 Å². The number of aryl methyl sites for hydroxylation is 1. The zero-order valence-corrected chi connectivity index (χ0v) is 20.1. The molecule has 0 bridgehead atoms. The molecule has 1 fully saturated rings. The van der Waals surface area contributed by atoms with Crippen LogP contribution < -0.4 is 19.7 Å². The van der Waals surface area contributed by atoms with Crippen LogP contribution in [-0.4, -0.2) is 25.0 Å². The molecule has 172 valence electrons. The van der Waals surface area contributed by atoms with Gasteiger partial charge in [-0.25, -0.2) is 9.69 Å². The molecule has 0 aromatic heterocycles. The molecule has 1 N–H and O–H groups in total. The van der Waals surface area contributed by atoms with Crippen molar-refractivity contribution in [2.45, 2.75) is 13.5 Å². The number of amides is 4. The van der Waals surface area contributed by atoms with E-state index in [0.717, 1.165) is 16.0 Å². The Bertz CT molecular complexity index is 1300. The molecule has 0 atom stereocenters. The highest BCUT2D eigenvalue weighted by atomic mass is 79.9. The Morgan fingerprint density at radius 2 is 1.76 bits per heavy atom. The predicted molar refractivity (Wildman–Crippen MR) is 132 cm³/mol. The third-order valence-electron chi connectivity index (χ3n) is 5.15. The maximum absolute atomic E-state index is 13.1. The van der Waals surface area contributed by atoms with E-state index in [0.29, 0.717) is 33.8 Å². The summed E-state index contributed by atoms with van der Waals surface area (Å²) in [5.74, 6) is -0.561. The van der Waals surface area contributed by atoms with E-state index in [1.54, 1.807) is 30.3 Å². The largest absolute Gasteiger partial charge is 0.493 e. The number of nitrogens with zero attached hydrogens (tertiary/aromatic N) is 1. The highest BCUT2D eigenvalue weighted by Crippen LogP contribution is 2.38. The normalized spacial score (nSPS) is 14.9. The van der Waals surface area contributed by atoms with E-state index >= 15 is 0 Å². The van der Waals surface area contributed by atoms with Gasteiger partial charge in [-0.3, -0.25) is 14.9 Å². The molecule has 0 unspecified atom stereocenters. The quantitative estimate of drug-likeness (QED) is 0.364. The fraction of sp³-hybridized carbons (Fsp3) is 0.115. The summed E-state index contributed by atoms with van der Waals surface area (Å²) in [6.45, 7) is 2.19. The van der Waals surface area contributed by atoms with Gasteiger partial charge < -0.3 is 9.47 Å². The minimum absolute atomic E-state index is 0.173. The van der Waals surface area contributed by atoms with Gasteiger partial charge in [0.15, 0.2) is 11.5 Å². The fourth-order valence-electron chi connectivity index (χ4n) is 3.52. The number of nitrogens with one attached hydrogen (secondary N) is 1. The lowest BCUT2D eigenvalue weighted by Crippen LogP contribution is -2.54. The molecule has 0 aliphatic carbocycles. The second-order valence-electron chi connectivity index (χ2n) is 7.61. The third-order valence-corrected chi connectivity index (χ3v) is 5.74. The van der Waals surface area contributed by atoms with Gasteiger partial charge in [-0.05, 0) is 69.9 Å². The van der Waals surface area contributed by atoms with Gasteiger partial charge in [0, 0.05) is 0 Å². The van der Waals surface area contributed by atoms with Crippen molar-refractivity contribution in [1.29, 1.82) is 0 Å². The molecule has 7 nitrogen and oxygen atoms in total. The first-order chi connectivity index (χ1) is 16.4. The van der Waals surface area contributed by atoms with Crippen molar-refractivity contribution in [3.8, 4) is 11.5 Å². The Kier molecular flexibility index (Phi) is 6.79. The number of rotatable bonds is 6. The van der Waals surface area contributed by atoms with Gasteiger partial charge in [0.2, 0.25) is 0 Å². The lowest BCUT2D eigenvalue weighted by Gasteiger charge is -2.26. The zero-order chi connectivity index (χ0) is 24.2. The van der Waals surface area contributed by atoms with Crippen molar-refractivity contribution in [3.63, 3.8) is 0 Å². The molecular formula is C26H21BrN2O5. The second-order valence-corrected chi connectivity index (χ2v) is 8.46. The fourth-order valence-corrected chi connectivity index (χ4v) is 4.09. The van der Waals surface area contributed by atoms with Crippen LogP contribution in [0.25, 0.3) is 6.08 Å². The first-order valence-electron chi connectivity index (χ1n) is 10.4. The molecule has 0 saturated carbocycles. The molecule has 4 rings (SSSR count). The van der Waals surface area contributed by atoms with Crippen LogP contribution in [0.15, 0.2) is 76.8 Å². The molecule has 4 amide bonds. The number of benzene rings is 3. The molecule has 1 heterocycles. The Labute approximate surface area is 205 Å². The Balaban J connectivity index is 1.65. The number of halogens is 1. The summed E-state index contributed by atoms with van der Waals surface area (Å²) in [7, 11) is 1.50. The smallest absolute Gasteiger partial charge is 0.335 e. The van der Waals surface area contributed by atoms with E-state index in [-0.39, 0.29) is 5.57 Å². The molecule has 3 aromatic rings. The molecule has 34 heavy (non-hydrogen) atoms. The summed E-state index contributed by atoms with van der Waals surface area (Å²) in [6.07, 6.45) is 1.42. The standard InChI is InChI=1S/C26H21BrN2O5/c1-16-7-6-10-19(11-16)29-25(31)20(24(30)28-26(29)32)12-18-13-21(27)23(22(14-18)33-2)34-15-17-8-4-3-5-9-17/h3-14H,15H2,1-2H3,(H,28,30,32)/b20-12+. The van der Waals surface area contributed by atoms with Crippen molar-refractivity contribution >= 4 is 45.5 Å². The van der Waals surface area contributed by atoms with E-state index in [1.165, 1.54) is 13.2 Å². The predicted octanol–water partition coefficient (Wildman–Crippen LogP) is 5.01. The highest BCUT2D eigenvalue weighted by Gasteiger charge is 2.36. The van der Waals surface area contributed by atoms with E-state index < -0.39 is 17.8 Å². The van der Waals surface area contributed by atoms with Crippen LogP contribution in [0.3, 0.4) is 0 Å². The third kappa shape index (κ3) is 4.87. The topological polar surface area (TPSA) is 84.9 Å². The Hall–Kier alpha value is -3.91. The minimum Gasteiger partial charge on any atom is -0.493 e. The monoisotopic (exact) mass is 520 g/mol. The van der Waals surface area contributed by atoms with E-state index in [4.69, 9.17) is 9.47 Å². The average Bonchev–Trinajstić information content (AvgIpc) is 2.81. The molecule has 3 aromatic carbocycles. The van der Waals surface area contributed by atoms with Crippen LogP contribution in [-0.2, 0) is 16.2 Å². The van der Waals surface area contributed by atoms with Crippen molar-refractivity contribution in [1.82, 2.24) is 5.32 Å². The Morgan fingerprint density at radius 3 is 2.47 bits per heavy atom. The van der Waals surface area contributed by atoms with Gasteiger partial charge in [0.1, 0.15) is 12.2 Å². The van der Waals surface area contributed by atoms with Gasteiger partial charge in [0.25, 0.3) is 11.8 Å². The number of hydrogen-bond acceptors (Lipinski definition) is 5. The average molecular weight is 521 g/mol. The molecule has 1 aliphatic heterocycles. The molecule has 8 heteroatoms. The summed E-state index contributed by atoms with van der Waals surface area (Å²) in [5.41, 5.74) is 2.60. The van der Waals surface area contributed by atoms with Crippen LogP contribution in [0.1, 0.15) is 16.7 Å². The Morgan fingerprint density at radius 1 is 1.00 bits per heavy atom. The molecule has 1 aliphatic rings. The number of anilines is 1. The van der Waals surface area contributed by atoms with E-state index in [1.807, 2.05) is 43.3 Å². The van der Waals surface area contributed by atoms with Crippen LogP contribution in [0.5, 0.6) is 11.5 Å². The van der Waals surface area contributed by atoms with Crippen molar-refractivity contribution in [3.05, 3.63) is 93.5 Å². The summed E-state index contributed by atoms with van der Waals surface area (Å²) in [4.78, 5) is 39.0. The minimum atomic E-state index is -0.791. The number of carbonyl (C=O) groups is 3. The number of ether oxygens (including phenoxy) is 2. The summed E-state index contributed by atoms with van der Waals surface area (Å²) in [6, 6.07) is 19.2. The SMILES string of the molecule is COc1cc(/C=C2\C(=O)NC(=O)N(c3cccc(C)c3)C2=O)cc(Br)c1OCc1ccccc1. The maximum atomic E-state index is 13.1. The molecule has 0 spiro atoms. The molecule has 0 radical (unpaired) electrons. The van der Waals surface area contributed by atoms with Gasteiger partial charge >= 0.3 is 6.03 Å². The first kappa shape index (κ1) is 23.3. The maximum Gasteiger partial charge on any atom is 0.335 e. The van der Waals surface area contributed by atoms with E-state index in [9.17, 15) is 14.4 Å². The number of imide groups is 2. The summed E-state index contributed by atoms with van der Waals surface area (Å²) < 4.78 is 12.0. The summed E-state index contributed by atoms with van der Waals surface area (Å²) in [5, 5.41) is 2.23. The van der Waals surface area contributed by atoms with Crippen LogP contribution >= 0.6 is 15.9 Å². The van der Waals surface area contributed by atoms with Gasteiger partial charge in [-0.1, -0.05) is 42.5 Å². The number of methoxy groups -OCH3 is 1. The van der Waals surface area contributed by atoms with Gasteiger partial charge in [-0.15, -0.1) is 0 Å². The van der Waals surface area contributed by atoms with Gasteiger partial charge in [0.05, 0.1) is 17.3 Å². The number of urea groups is 1. The lowest BCUT2D eigenvalue weighted by atomic mass is 10.1. The summed E-state index contributed by atoms with van der Waals surface area (Å²) >= 11 is 3.49. The highest BCUT2D eigenvalue weighted by molar-refractivity contribution is 9.10. The lowest BCUT2D eigenvalue weighted by molar-refractivity contribution is -0.122. The van der Waals surface area contributed by atoms with Crippen molar-refractivity contribution in [2.24, 2.45) is 0 Å². The second kappa shape index (κ2) is 9.93. The number of barbiturate groups is 1. The van der Waals surface area contributed by atoms with Crippen LogP contribution in [0.2, 0.25) is 0 Å². The van der Waals surface area contributed by atoms with E-state index in [2.05, 4.69) is 21.2 Å². The van der Waals surface area contributed by atoms with Crippen LogP contribution in [0, 0.1) is 6.92 Å². The molecular weight excluding hydrogens is 500 g/mol. The number of carbonyl (C=O) groups excluding carboxylic acids is 3. The van der Waals surface area contributed by atoms with Crippen LogP contribution in [0.4, 0.5) is 10.5 Å². The van der Waals surface area contributed by atoms with Crippen molar-refractivity contribution in [2.75, 3.05) is 12.0 Å². The number of hydrogen-bond donors (Lipinski definition) is 1. The first-order valence-corrected chi connectivity index (χ1v) is 11.2. The zero-order valence-electron chi connectivity index (χ0n) is 18.5. The van der Waals surface area contributed by atoms with Gasteiger partial charge in [-0.2, -0.15) is 0 Å². The molecule has 1 saturated heterocycles.